The van der Waals surface area contributed by atoms with Crippen LogP contribution in [0.25, 0.3) is 0 Å². The standard InChI is InChI=1S/C6H11F5N2/c7-5(8)3-13(2-1-12)4-6(9,10)11/h5H,1-4,12H2. The molecule has 0 aliphatic carbocycles. The topological polar surface area (TPSA) is 29.3 Å². The van der Waals surface area contributed by atoms with E-state index in [-0.39, 0.29) is 13.1 Å². The molecule has 0 aliphatic heterocycles. The van der Waals surface area contributed by atoms with E-state index in [0.29, 0.717) is 4.90 Å². The van der Waals surface area contributed by atoms with Gasteiger partial charge >= 0.3 is 6.18 Å². The lowest BCUT2D eigenvalue weighted by atomic mass is 10.4. The highest BCUT2D eigenvalue weighted by Crippen LogP contribution is 2.16. The Morgan fingerprint density at radius 3 is 2.08 bits per heavy atom. The fraction of sp³-hybridized carbons (Fsp3) is 1.00. The van der Waals surface area contributed by atoms with Gasteiger partial charge in [0, 0.05) is 13.1 Å². The number of rotatable bonds is 5. The summed E-state index contributed by atoms with van der Waals surface area (Å²) in [4.78, 5) is 0.588. The van der Waals surface area contributed by atoms with Crippen molar-refractivity contribution in [3.05, 3.63) is 0 Å². The maximum absolute atomic E-state index is 11.8. The first kappa shape index (κ1) is 12.6. The third-order valence-electron chi connectivity index (χ3n) is 1.24. The molecule has 0 saturated heterocycles. The summed E-state index contributed by atoms with van der Waals surface area (Å²) in [5.74, 6) is 0. The number of hydrogen-bond acceptors (Lipinski definition) is 2. The van der Waals surface area contributed by atoms with E-state index in [1.807, 2.05) is 0 Å². The van der Waals surface area contributed by atoms with E-state index in [1.165, 1.54) is 0 Å². The third-order valence-corrected chi connectivity index (χ3v) is 1.24. The maximum Gasteiger partial charge on any atom is 0.401 e. The van der Waals surface area contributed by atoms with Gasteiger partial charge in [-0.15, -0.1) is 0 Å². The molecule has 0 saturated carbocycles. The molecule has 0 rings (SSSR count). The Hall–Kier alpha value is -0.430. The van der Waals surface area contributed by atoms with Gasteiger partial charge in [0.05, 0.1) is 13.1 Å². The molecule has 0 unspecified atom stereocenters. The second-order valence-corrected chi connectivity index (χ2v) is 2.53. The highest BCUT2D eigenvalue weighted by atomic mass is 19.4. The van der Waals surface area contributed by atoms with Crippen LogP contribution < -0.4 is 5.73 Å². The van der Waals surface area contributed by atoms with Crippen molar-refractivity contribution < 1.29 is 22.0 Å². The minimum absolute atomic E-state index is 0.0667. The number of nitrogens with two attached hydrogens (primary N) is 1. The largest absolute Gasteiger partial charge is 0.401 e. The average molecular weight is 206 g/mol. The van der Waals surface area contributed by atoms with E-state index in [2.05, 4.69) is 0 Å². The Morgan fingerprint density at radius 2 is 1.77 bits per heavy atom. The Morgan fingerprint density at radius 1 is 1.23 bits per heavy atom. The number of halogens is 5. The van der Waals surface area contributed by atoms with E-state index in [4.69, 9.17) is 5.73 Å². The van der Waals surface area contributed by atoms with Gasteiger partial charge in [0.15, 0.2) is 0 Å². The number of alkyl halides is 5. The van der Waals surface area contributed by atoms with Gasteiger partial charge in [0.1, 0.15) is 0 Å². The summed E-state index contributed by atoms with van der Waals surface area (Å²) in [6.07, 6.45) is -7.22. The molecule has 0 heterocycles. The second kappa shape index (κ2) is 5.33. The summed E-state index contributed by atoms with van der Waals surface area (Å²) in [6.45, 7) is -2.47. The van der Waals surface area contributed by atoms with Crippen LogP contribution in [0.15, 0.2) is 0 Å². The molecule has 13 heavy (non-hydrogen) atoms. The molecule has 0 radical (unpaired) electrons. The van der Waals surface area contributed by atoms with E-state index < -0.39 is 25.7 Å². The molecular formula is C6H11F5N2. The molecule has 0 aromatic heterocycles. The Labute approximate surface area is 72.5 Å². The van der Waals surface area contributed by atoms with E-state index >= 15 is 0 Å². The average Bonchev–Trinajstić information content (AvgIpc) is 1.81. The lowest BCUT2D eigenvalue weighted by Crippen LogP contribution is -2.40. The summed E-state index contributed by atoms with van der Waals surface area (Å²) in [5.41, 5.74) is 4.97. The Kier molecular flexibility index (Phi) is 5.16. The number of nitrogens with zero attached hydrogens (tertiary/aromatic N) is 1. The van der Waals surface area contributed by atoms with Crippen molar-refractivity contribution in [2.24, 2.45) is 5.73 Å². The molecule has 0 bridgehead atoms. The number of hydrogen-bond donors (Lipinski definition) is 1. The predicted octanol–water partition coefficient (Wildman–Crippen LogP) is 1.07. The van der Waals surface area contributed by atoms with Crippen LogP contribution in [-0.2, 0) is 0 Å². The highest BCUT2D eigenvalue weighted by molar-refractivity contribution is 4.64. The van der Waals surface area contributed by atoms with Crippen LogP contribution in [0.2, 0.25) is 0 Å². The summed E-state index contributed by atoms with van der Waals surface area (Å²) in [6, 6.07) is 0. The zero-order valence-electron chi connectivity index (χ0n) is 6.82. The van der Waals surface area contributed by atoms with E-state index in [1.54, 1.807) is 0 Å². The molecular weight excluding hydrogens is 195 g/mol. The molecule has 0 fully saturated rings. The van der Waals surface area contributed by atoms with Gasteiger partial charge in [0.2, 0.25) is 0 Å². The maximum atomic E-state index is 11.8. The van der Waals surface area contributed by atoms with Crippen LogP contribution in [0.1, 0.15) is 0 Å². The van der Waals surface area contributed by atoms with Crippen LogP contribution in [-0.4, -0.2) is 43.7 Å². The molecule has 7 heteroatoms. The van der Waals surface area contributed by atoms with Crippen LogP contribution in [0, 0.1) is 0 Å². The first-order chi connectivity index (χ1) is 5.85. The quantitative estimate of drug-likeness (QED) is 0.682. The summed E-state index contributed by atoms with van der Waals surface area (Å²) in [7, 11) is 0. The SMILES string of the molecule is NCCN(CC(F)F)CC(F)(F)F. The molecule has 0 amide bonds. The van der Waals surface area contributed by atoms with E-state index in [9.17, 15) is 22.0 Å². The van der Waals surface area contributed by atoms with Crippen LogP contribution in [0.5, 0.6) is 0 Å². The van der Waals surface area contributed by atoms with Gasteiger partial charge < -0.3 is 5.73 Å². The van der Waals surface area contributed by atoms with Crippen molar-refractivity contribution in [2.75, 3.05) is 26.2 Å². The van der Waals surface area contributed by atoms with Gasteiger partial charge in [0.25, 0.3) is 6.43 Å². The molecule has 0 aliphatic rings. The van der Waals surface area contributed by atoms with Gasteiger partial charge in [-0.3, -0.25) is 4.90 Å². The Balaban J connectivity index is 3.94. The molecule has 0 atom stereocenters. The molecule has 0 aromatic rings. The van der Waals surface area contributed by atoms with Crippen LogP contribution in [0.3, 0.4) is 0 Å². The molecule has 0 spiro atoms. The van der Waals surface area contributed by atoms with Crippen molar-refractivity contribution in [1.82, 2.24) is 4.90 Å². The first-order valence-corrected chi connectivity index (χ1v) is 3.62. The molecule has 2 nitrogen and oxygen atoms in total. The molecule has 80 valence electrons. The summed E-state index contributed by atoms with van der Waals surface area (Å²) < 4.78 is 58.7. The lowest BCUT2D eigenvalue weighted by molar-refractivity contribution is -0.148. The first-order valence-electron chi connectivity index (χ1n) is 3.62. The highest BCUT2D eigenvalue weighted by Gasteiger charge is 2.31. The second-order valence-electron chi connectivity index (χ2n) is 2.53. The minimum Gasteiger partial charge on any atom is -0.329 e. The fourth-order valence-corrected chi connectivity index (χ4v) is 0.866. The van der Waals surface area contributed by atoms with Crippen molar-refractivity contribution in [1.29, 1.82) is 0 Å². The normalized spacial score (nSPS) is 12.9. The van der Waals surface area contributed by atoms with Crippen LogP contribution in [0.4, 0.5) is 22.0 Å². The third kappa shape index (κ3) is 7.92. The molecule has 0 aromatic carbocycles. The van der Waals surface area contributed by atoms with Gasteiger partial charge in [-0.05, 0) is 0 Å². The lowest BCUT2D eigenvalue weighted by Gasteiger charge is -2.22. The van der Waals surface area contributed by atoms with Crippen molar-refractivity contribution in [2.45, 2.75) is 12.6 Å². The smallest absolute Gasteiger partial charge is 0.329 e. The Bertz CT molecular complexity index is 135. The van der Waals surface area contributed by atoms with Crippen molar-refractivity contribution in [3.8, 4) is 0 Å². The summed E-state index contributed by atoms with van der Waals surface area (Å²) >= 11 is 0. The predicted molar refractivity (Wildman–Crippen MR) is 37.6 cm³/mol. The van der Waals surface area contributed by atoms with Crippen LogP contribution >= 0.6 is 0 Å². The van der Waals surface area contributed by atoms with Gasteiger partial charge in [-0.25, -0.2) is 8.78 Å². The molecule has 2 N–H and O–H groups in total. The minimum atomic E-state index is -4.45. The van der Waals surface area contributed by atoms with Gasteiger partial charge in [-0.1, -0.05) is 0 Å². The summed E-state index contributed by atoms with van der Waals surface area (Å²) in [5, 5.41) is 0. The monoisotopic (exact) mass is 206 g/mol. The zero-order valence-corrected chi connectivity index (χ0v) is 6.82. The fourth-order valence-electron chi connectivity index (χ4n) is 0.866. The zero-order chi connectivity index (χ0) is 10.5. The van der Waals surface area contributed by atoms with Gasteiger partial charge in [-0.2, -0.15) is 13.2 Å². The van der Waals surface area contributed by atoms with E-state index in [0.717, 1.165) is 0 Å². The van der Waals surface area contributed by atoms with Crippen molar-refractivity contribution in [3.63, 3.8) is 0 Å². The van der Waals surface area contributed by atoms with Crippen molar-refractivity contribution >= 4 is 0 Å².